The summed E-state index contributed by atoms with van der Waals surface area (Å²) in [5.74, 6) is -0.104. The standard InChI is InChI=1S/C19H13ClN2O5/c1-25-19(24)11-2-4-14(5-3-11)22-18(23)13(9-21)6-12-7-16-17(8-15(12)20)27-10-26-16/h2-8H,10H2,1H3,(H,22,23)/b13-6+. The Bertz CT molecular complexity index is 977. The molecule has 0 aromatic heterocycles. The van der Waals surface area contributed by atoms with Crippen LogP contribution in [-0.2, 0) is 9.53 Å². The smallest absolute Gasteiger partial charge is 0.337 e. The fourth-order valence-electron chi connectivity index (χ4n) is 2.35. The van der Waals surface area contributed by atoms with E-state index in [4.69, 9.17) is 21.1 Å². The van der Waals surface area contributed by atoms with E-state index in [0.717, 1.165) is 0 Å². The Labute approximate surface area is 159 Å². The molecule has 8 heteroatoms. The summed E-state index contributed by atoms with van der Waals surface area (Å²) in [7, 11) is 1.28. The van der Waals surface area contributed by atoms with Gasteiger partial charge in [0.15, 0.2) is 11.5 Å². The molecule has 27 heavy (non-hydrogen) atoms. The lowest BCUT2D eigenvalue weighted by atomic mass is 10.1. The van der Waals surface area contributed by atoms with E-state index in [1.165, 1.54) is 37.5 Å². The Morgan fingerprint density at radius 2 is 1.89 bits per heavy atom. The van der Waals surface area contributed by atoms with E-state index in [0.29, 0.717) is 33.3 Å². The van der Waals surface area contributed by atoms with E-state index in [1.807, 2.05) is 6.07 Å². The Kier molecular flexibility index (Phi) is 5.29. The van der Waals surface area contributed by atoms with Gasteiger partial charge in [-0.3, -0.25) is 4.79 Å². The van der Waals surface area contributed by atoms with Crippen molar-refractivity contribution >= 4 is 35.2 Å². The molecule has 1 heterocycles. The molecule has 0 radical (unpaired) electrons. The minimum atomic E-state index is -0.614. The van der Waals surface area contributed by atoms with E-state index < -0.39 is 11.9 Å². The van der Waals surface area contributed by atoms with Crippen LogP contribution in [-0.4, -0.2) is 25.8 Å². The molecule has 1 N–H and O–H groups in total. The van der Waals surface area contributed by atoms with Crippen molar-refractivity contribution in [3.05, 3.63) is 58.1 Å². The summed E-state index contributed by atoms with van der Waals surface area (Å²) in [5, 5.41) is 12.2. The molecule has 0 saturated heterocycles. The van der Waals surface area contributed by atoms with Gasteiger partial charge in [0.05, 0.1) is 17.7 Å². The zero-order valence-electron chi connectivity index (χ0n) is 14.1. The number of halogens is 1. The van der Waals surface area contributed by atoms with Crippen LogP contribution < -0.4 is 14.8 Å². The summed E-state index contributed by atoms with van der Waals surface area (Å²) in [4.78, 5) is 23.8. The van der Waals surface area contributed by atoms with Crippen LogP contribution in [0.3, 0.4) is 0 Å². The summed E-state index contributed by atoms with van der Waals surface area (Å²) in [6.07, 6.45) is 1.36. The average Bonchev–Trinajstić information content (AvgIpc) is 3.12. The Morgan fingerprint density at radius 1 is 1.22 bits per heavy atom. The largest absolute Gasteiger partial charge is 0.465 e. The average molecular weight is 385 g/mol. The predicted molar refractivity (Wildman–Crippen MR) is 97.6 cm³/mol. The van der Waals surface area contributed by atoms with E-state index in [2.05, 4.69) is 10.1 Å². The van der Waals surface area contributed by atoms with Crippen molar-refractivity contribution in [2.75, 3.05) is 19.2 Å². The molecule has 7 nitrogen and oxygen atoms in total. The van der Waals surface area contributed by atoms with Crippen LogP contribution in [0.4, 0.5) is 5.69 Å². The fourth-order valence-corrected chi connectivity index (χ4v) is 2.56. The molecule has 1 aliphatic heterocycles. The highest BCUT2D eigenvalue weighted by atomic mass is 35.5. The topological polar surface area (TPSA) is 97.7 Å². The second-order valence-electron chi connectivity index (χ2n) is 5.42. The number of carbonyl (C=O) groups is 2. The molecule has 2 aromatic rings. The Balaban J connectivity index is 1.79. The third-order valence-electron chi connectivity index (χ3n) is 3.72. The molecule has 3 rings (SSSR count). The maximum atomic E-state index is 12.4. The lowest BCUT2D eigenvalue weighted by Crippen LogP contribution is -2.13. The van der Waals surface area contributed by atoms with Gasteiger partial charge in [-0.1, -0.05) is 11.6 Å². The lowest BCUT2D eigenvalue weighted by Gasteiger charge is -2.06. The minimum absolute atomic E-state index is 0.0893. The van der Waals surface area contributed by atoms with Crippen LogP contribution in [0.15, 0.2) is 42.0 Å². The van der Waals surface area contributed by atoms with Gasteiger partial charge < -0.3 is 19.5 Å². The van der Waals surface area contributed by atoms with Gasteiger partial charge >= 0.3 is 5.97 Å². The monoisotopic (exact) mass is 384 g/mol. The van der Waals surface area contributed by atoms with Crippen LogP contribution in [0, 0.1) is 11.3 Å². The normalized spacial score (nSPS) is 12.3. The Hall–Kier alpha value is -3.50. The molecule has 0 unspecified atom stereocenters. The minimum Gasteiger partial charge on any atom is -0.465 e. The summed E-state index contributed by atoms with van der Waals surface area (Å²) in [5.41, 5.74) is 1.07. The molecular weight excluding hydrogens is 372 g/mol. The number of esters is 1. The molecule has 0 bridgehead atoms. The fraction of sp³-hybridized carbons (Fsp3) is 0.105. The molecule has 0 atom stereocenters. The van der Waals surface area contributed by atoms with E-state index >= 15 is 0 Å². The lowest BCUT2D eigenvalue weighted by molar-refractivity contribution is -0.112. The predicted octanol–water partition coefficient (Wildman–Crippen LogP) is 3.40. The summed E-state index contributed by atoms with van der Waals surface area (Å²) in [6, 6.07) is 11.1. The molecule has 1 aliphatic rings. The maximum Gasteiger partial charge on any atom is 0.337 e. The van der Waals surface area contributed by atoms with Gasteiger partial charge in [0.2, 0.25) is 6.79 Å². The van der Waals surface area contributed by atoms with Crippen molar-refractivity contribution in [2.24, 2.45) is 0 Å². The molecule has 136 valence electrons. The highest BCUT2D eigenvalue weighted by Gasteiger charge is 2.17. The number of benzene rings is 2. The zero-order chi connectivity index (χ0) is 19.4. The second-order valence-corrected chi connectivity index (χ2v) is 5.83. The van der Waals surface area contributed by atoms with Crippen molar-refractivity contribution in [3.63, 3.8) is 0 Å². The number of carbonyl (C=O) groups excluding carboxylic acids is 2. The van der Waals surface area contributed by atoms with Crippen LogP contribution in [0.1, 0.15) is 15.9 Å². The third-order valence-corrected chi connectivity index (χ3v) is 4.05. The van der Waals surface area contributed by atoms with Crippen molar-refractivity contribution in [1.29, 1.82) is 5.26 Å². The first kappa shape index (κ1) is 18.3. The van der Waals surface area contributed by atoms with Crippen molar-refractivity contribution < 1.29 is 23.8 Å². The third kappa shape index (κ3) is 4.02. The number of amides is 1. The van der Waals surface area contributed by atoms with E-state index in [-0.39, 0.29) is 12.4 Å². The van der Waals surface area contributed by atoms with Gasteiger partial charge in [-0.15, -0.1) is 0 Å². The van der Waals surface area contributed by atoms with Crippen molar-refractivity contribution in [1.82, 2.24) is 0 Å². The van der Waals surface area contributed by atoms with E-state index in [1.54, 1.807) is 12.1 Å². The molecular formula is C19H13ClN2O5. The molecule has 0 saturated carbocycles. The van der Waals surface area contributed by atoms with Crippen LogP contribution in [0.5, 0.6) is 11.5 Å². The molecule has 1 amide bonds. The van der Waals surface area contributed by atoms with Gasteiger partial charge in [0.25, 0.3) is 5.91 Å². The summed E-state index contributed by atoms with van der Waals surface area (Å²) < 4.78 is 15.1. The van der Waals surface area contributed by atoms with Gasteiger partial charge in [-0.25, -0.2) is 4.79 Å². The number of nitrogens with zero attached hydrogens (tertiary/aromatic N) is 1. The van der Waals surface area contributed by atoms with Crippen LogP contribution in [0.2, 0.25) is 5.02 Å². The van der Waals surface area contributed by atoms with Gasteiger partial charge in [-0.2, -0.15) is 5.26 Å². The number of nitriles is 1. The number of anilines is 1. The van der Waals surface area contributed by atoms with Gasteiger partial charge in [-0.05, 0) is 42.0 Å². The SMILES string of the molecule is COC(=O)c1ccc(NC(=O)/C(C#N)=C/c2cc3c(cc2Cl)OCO3)cc1. The van der Waals surface area contributed by atoms with Gasteiger partial charge in [0.1, 0.15) is 11.6 Å². The highest BCUT2D eigenvalue weighted by Crippen LogP contribution is 2.37. The first-order valence-electron chi connectivity index (χ1n) is 7.72. The molecule has 0 fully saturated rings. The molecule has 2 aromatic carbocycles. The quantitative estimate of drug-likeness (QED) is 0.493. The van der Waals surface area contributed by atoms with Crippen molar-refractivity contribution in [3.8, 4) is 17.6 Å². The first-order chi connectivity index (χ1) is 13.0. The second kappa shape index (κ2) is 7.81. The van der Waals surface area contributed by atoms with Crippen LogP contribution in [0.25, 0.3) is 6.08 Å². The number of nitrogens with one attached hydrogen (secondary N) is 1. The van der Waals surface area contributed by atoms with Gasteiger partial charge in [0, 0.05) is 11.8 Å². The molecule has 0 spiro atoms. The maximum absolute atomic E-state index is 12.4. The van der Waals surface area contributed by atoms with Crippen LogP contribution >= 0.6 is 11.6 Å². The number of hydrogen-bond acceptors (Lipinski definition) is 6. The highest BCUT2D eigenvalue weighted by molar-refractivity contribution is 6.32. The number of fused-ring (bicyclic) bond motifs is 1. The number of hydrogen-bond donors (Lipinski definition) is 1. The number of methoxy groups -OCH3 is 1. The van der Waals surface area contributed by atoms with Crippen molar-refractivity contribution in [2.45, 2.75) is 0 Å². The molecule has 0 aliphatic carbocycles. The number of rotatable bonds is 4. The summed E-state index contributed by atoms with van der Waals surface area (Å²) in [6.45, 7) is 0.0893. The Morgan fingerprint density at radius 3 is 2.52 bits per heavy atom. The zero-order valence-corrected chi connectivity index (χ0v) is 14.9. The number of ether oxygens (including phenoxy) is 3. The summed E-state index contributed by atoms with van der Waals surface area (Å²) >= 11 is 6.17. The first-order valence-corrected chi connectivity index (χ1v) is 8.10. The van der Waals surface area contributed by atoms with E-state index in [9.17, 15) is 14.9 Å².